The minimum Gasteiger partial charge on any atom is -0.393 e. The number of benzene rings is 1. The minimum atomic E-state index is -0.192. The number of aryl methyl sites for hydroxylation is 1. The highest BCUT2D eigenvalue weighted by molar-refractivity contribution is 5.51. The van der Waals surface area contributed by atoms with E-state index in [0.29, 0.717) is 5.92 Å². The highest BCUT2D eigenvalue weighted by Crippen LogP contribution is 2.27. The van der Waals surface area contributed by atoms with E-state index in [2.05, 4.69) is 35.3 Å². The maximum absolute atomic E-state index is 9.71. The van der Waals surface area contributed by atoms with Crippen LogP contribution in [0.25, 0.3) is 0 Å². The first kappa shape index (κ1) is 13.9. The highest BCUT2D eigenvalue weighted by atomic mass is 16.3. The van der Waals surface area contributed by atoms with Gasteiger partial charge in [-0.1, -0.05) is 6.07 Å². The molecule has 1 aliphatic carbocycles. The topological polar surface area (TPSA) is 35.5 Å². The Kier molecular flexibility index (Phi) is 3.99. The normalized spacial score (nSPS) is 24.1. The number of aliphatic hydroxyl groups is 1. The molecule has 20 heavy (non-hydrogen) atoms. The number of anilines is 1. The molecular formula is C17H26N2O. The average Bonchev–Trinajstić information content (AvgIpc) is 3.11. The van der Waals surface area contributed by atoms with Gasteiger partial charge in [0.15, 0.2) is 0 Å². The lowest BCUT2D eigenvalue weighted by Gasteiger charge is -2.21. The second-order valence-corrected chi connectivity index (χ2v) is 6.50. The lowest BCUT2D eigenvalue weighted by atomic mass is 10.0. The standard InChI is InChI=1S/C17H26N2O/c1-12-9-17(19-8-7-15(11-19)13(2)20)6-3-14(12)10-18-16-4-5-16/h3,6,9,13,15-16,18,20H,4-5,7-8,10-11H2,1-2H3. The van der Waals surface area contributed by atoms with Crippen LogP contribution >= 0.6 is 0 Å². The molecule has 0 bridgehead atoms. The zero-order valence-electron chi connectivity index (χ0n) is 12.6. The van der Waals surface area contributed by atoms with Crippen LogP contribution < -0.4 is 10.2 Å². The quantitative estimate of drug-likeness (QED) is 0.866. The van der Waals surface area contributed by atoms with E-state index < -0.39 is 0 Å². The Morgan fingerprint density at radius 3 is 2.75 bits per heavy atom. The molecule has 1 aliphatic heterocycles. The molecule has 1 aromatic rings. The SMILES string of the molecule is Cc1cc(N2CCC(C(C)O)C2)ccc1CNC1CC1. The summed E-state index contributed by atoms with van der Waals surface area (Å²) in [4.78, 5) is 2.41. The molecule has 0 radical (unpaired) electrons. The van der Waals surface area contributed by atoms with Gasteiger partial charge in [0.2, 0.25) is 0 Å². The predicted octanol–water partition coefficient (Wildman–Crippen LogP) is 2.45. The molecule has 0 spiro atoms. The Morgan fingerprint density at radius 2 is 2.15 bits per heavy atom. The molecule has 2 fully saturated rings. The van der Waals surface area contributed by atoms with Crippen LogP contribution in [0, 0.1) is 12.8 Å². The molecule has 110 valence electrons. The van der Waals surface area contributed by atoms with E-state index in [1.807, 2.05) is 6.92 Å². The van der Waals surface area contributed by atoms with Gasteiger partial charge in [0.1, 0.15) is 0 Å². The molecule has 2 aliphatic rings. The summed E-state index contributed by atoms with van der Waals surface area (Å²) in [5.74, 6) is 0.423. The zero-order valence-corrected chi connectivity index (χ0v) is 12.6. The average molecular weight is 274 g/mol. The van der Waals surface area contributed by atoms with Gasteiger partial charge in [0.25, 0.3) is 0 Å². The van der Waals surface area contributed by atoms with Crippen LogP contribution in [0.2, 0.25) is 0 Å². The monoisotopic (exact) mass is 274 g/mol. The van der Waals surface area contributed by atoms with E-state index in [-0.39, 0.29) is 6.10 Å². The molecule has 3 heteroatoms. The van der Waals surface area contributed by atoms with Crippen LogP contribution in [0.4, 0.5) is 5.69 Å². The predicted molar refractivity (Wildman–Crippen MR) is 83.0 cm³/mol. The molecule has 1 heterocycles. The van der Waals surface area contributed by atoms with E-state index in [1.54, 1.807) is 0 Å². The first-order chi connectivity index (χ1) is 9.63. The highest BCUT2D eigenvalue weighted by Gasteiger charge is 2.26. The van der Waals surface area contributed by atoms with E-state index in [9.17, 15) is 5.11 Å². The fourth-order valence-corrected chi connectivity index (χ4v) is 3.03. The Hall–Kier alpha value is -1.06. The van der Waals surface area contributed by atoms with Gasteiger partial charge < -0.3 is 15.3 Å². The van der Waals surface area contributed by atoms with Crippen molar-refractivity contribution in [2.75, 3.05) is 18.0 Å². The van der Waals surface area contributed by atoms with Crippen molar-refractivity contribution in [1.82, 2.24) is 5.32 Å². The Balaban J connectivity index is 1.64. The number of aliphatic hydroxyl groups excluding tert-OH is 1. The summed E-state index contributed by atoms with van der Waals surface area (Å²) >= 11 is 0. The maximum atomic E-state index is 9.71. The minimum absolute atomic E-state index is 0.192. The Morgan fingerprint density at radius 1 is 1.35 bits per heavy atom. The van der Waals surface area contributed by atoms with Gasteiger partial charge in [-0.3, -0.25) is 0 Å². The van der Waals surface area contributed by atoms with Crippen molar-refractivity contribution in [3.63, 3.8) is 0 Å². The Bertz CT molecular complexity index is 468. The maximum Gasteiger partial charge on any atom is 0.0557 e. The van der Waals surface area contributed by atoms with Crippen LogP contribution in [-0.4, -0.2) is 30.3 Å². The van der Waals surface area contributed by atoms with Gasteiger partial charge in [0, 0.05) is 37.3 Å². The second-order valence-electron chi connectivity index (χ2n) is 6.50. The molecule has 2 atom stereocenters. The molecule has 0 amide bonds. The molecule has 2 N–H and O–H groups in total. The van der Waals surface area contributed by atoms with Gasteiger partial charge in [-0.15, -0.1) is 0 Å². The molecule has 1 aromatic carbocycles. The molecule has 0 aromatic heterocycles. The van der Waals surface area contributed by atoms with Crippen molar-refractivity contribution >= 4 is 5.69 Å². The summed E-state index contributed by atoms with van der Waals surface area (Å²) in [6.45, 7) is 7.15. The van der Waals surface area contributed by atoms with E-state index in [4.69, 9.17) is 0 Å². The third kappa shape index (κ3) is 3.15. The fourth-order valence-electron chi connectivity index (χ4n) is 3.03. The van der Waals surface area contributed by atoms with Crippen LogP contribution in [0.15, 0.2) is 18.2 Å². The lowest BCUT2D eigenvalue weighted by Crippen LogP contribution is -2.24. The van der Waals surface area contributed by atoms with Crippen molar-refractivity contribution in [1.29, 1.82) is 0 Å². The van der Waals surface area contributed by atoms with E-state index in [0.717, 1.165) is 32.1 Å². The summed E-state index contributed by atoms with van der Waals surface area (Å²) in [5, 5.41) is 13.3. The first-order valence-electron chi connectivity index (χ1n) is 7.89. The van der Waals surface area contributed by atoms with Crippen molar-refractivity contribution in [3.8, 4) is 0 Å². The van der Waals surface area contributed by atoms with Crippen LogP contribution in [-0.2, 0) is 6.54 Å². The number of hydrogen-bond donors (Lipinski definition) is 2. The van der Waals surface area contributed by atoms with Crippen molar-refractivity contribution in [2.45, 2.75) is 51.8 Å². The molecule has 2 unspecified atom stereocenters. The van der Waals surface area contributed by atoms with Crippen LogP contribution in [0.5, 0.6) is 0 Å². The second kappa shape index (κ2) is 5.74. The van der Waals surface area contributed by atoms with Gasteiger partial charge >= 0.3 is 0 Å². The Labute approximate surface area is 122 Å². The van der Waals surface area contributed by atoms with Crippen molar-refractivity contribution < 1.29 is 5.11 Å². The van der Waals surface area contributed by atoms with E-state index in [1.165, 1.54) is 29.7 Å². The van der Waals surface area contributed by atoms with E-state index >= 15 is 0 Å². The van der Waals surface area contributed by atoms with Gasteiger partial charge in [-0.05, 0) is 56.4 Å². The summed E-state index contributed by atoms with van der Waals surface area (Å²) in [5.41, 5.74) is 4.09. The third-order valence-corrected chi connectivity index (χ3v) is 4.76. The smallest absolute Gasteiger partial charge is 0.0557 e. The third-order valence-electron chi connectivity index (χ3n) is 4.76. The van der Waals surface area contributed by atoms with Crippen molar-refractivity contribution in [3.05, 3.63) is 29.3 Å². The molecule has 3 nitrogen and oxygen atoms in total. The number of hydrogen-bond acceptors (Lipinski definition) is 3. The summed E-state index contributed by atoms with van der Waals surface area (Å²) in [6.07, 6.45) is 3.59. The molecular weight excluding hydrogens is 248 g/mol. The number of rotatable bonds is 5. The summed E-state index contributed by atoms with van der Waals surface area (Å²) in [7, 11) is 0. The van der Waals surface area contributed by atoms with Crippen molar-refractivity contribution in [2.24, 2.45) is 5.92 Å². The largest absolute Gasteiger partial charge is 0.393 e. The van der Waals surface area contributed by atoms with Gasteiger partial charge in [-0.25, -0.2) is 0 Å². The first-order valence-corrected chi connectivity index (χ1v) is 7.89. The molecule has 3 rings (SSSR count). The van der Waals surface area contributed by atoms with Crippen LogP contribution in [0.1, 0.15) is 37.3 Å². The fraction of sp³-hybridized carbons (Fsp3) is 0.647. The number of nitrogens with zero attached hydrogens (tertiary/aromatic N) is 1. The summed E-state index contributed by atoms with van der Waals surface area (Å²) < 4.78 is 0. The zero-order chi connectivity index (χ0) is 14.1. The number of nitrogens with one attached hydrogen (secondary N) is 1. The summed E-state index contributed by atoms with van der Waals surface area (Å²) in [6, 6.07) is 7.56. The van der Waals surface area contributed by atoms with Gasteiger partial charge in [-0.2, -0.15) is 0 Å². The lowest BCUT2D eigenvalue weighted by molar-refractivity contribution is 0.136. The van der Waals surface area contributed by atoms with Crippen LogP contribution in [0.3, 0.4) is 0 Å². The molecule has 1 saturated heterocycles. The van der Waals surface area contributed by atoms with Gasteiger partial charge in [0.05, 0.1) is 6.10 Å². The molecule has 1 saturated carbocycles.